The van der Waals surface area contributed by atoms with E-state index in [4.69, 9.17) is 9.47 Å². The van der Waals surface area contributed by atoms with Gasteiger partial charge in [0.25, 0.3) is 0 Å². The Labute approximate surface area is 134 Å². The first-order valence-corrected chi connectivity index (χ1v) is 7.77. The van der Waals surface area contributed by atoms with Crippen LogP contribution < -0.4 is 14.8 Å². The molecule has 1 N–H and O–H groups in total. The number of nitrogens with one attached hydrogen (secondary N) is 1. The molecule has 21 heavy (non-hydrogen) atoms. The number of ether oxygens (including phenoxy) is 2. The summed E-state index contributed by atoms with van der Waals surface area (Å²) in [6.45, 7) is 4.32. The summed E-state index contributed by atoms with van der Waals surface area (Å²) in [5, 5.41) is 3.32. The summed E-state index contributed by atoms with van der Waals surface area (Å²) in [6, 6.07) is 14.0. The van der Waals surface area contributed by atoms with Gasteiger partial charge in [-0.25, -0.2) is 0 Å². The van der Waals surface area contributed by atoms with E-state index in [-0.39, 0.29) is 0 Å². The Morgan fingerprint density at radius 2 is 2.00 bits per heavy atom. The Bertz CT molecular complexity index is 587. The topological polar surface area (TPSA) is 30.5 Å². The Kier molecular flexibility index (Phi) is 6.08. The molecule has 3 nitrogen and oxygen atoms in total. The largest absolute Gasteiger partial charge is 0.497 e. The lowest BCUT2D eigenvalue weighted by Gasteiger charge is -2.13. The maximum absolute atomic E-state index is 5.96. The molecular weight excluding hydrogens is 330 g/mol. The molecule has 0 unspecified atom stereocenters. The summed E-state index contributed by atoms with van der Waals surface area (Å²) in [5.41, 5.74) is 2.24. The second kappa shape index (κ2) is 8.05. The van der Waals surface area contributed by atoms with E-state index < -0.39 is 0 Å². The Hall–Kier alpha value is -1.52. The van der Waals surface area contributed by atoms with Gasteiger partial charge in [0, 0.05) is 16.6 Å². The molecule has 112 valence electrons. The van der Waals surface area contributed by atoms with Crippen LogP contribution in [-0.2, 0) is 13.2 Å². The SMILES string of the molecule is CCNCc1cc(OC)ccc1OCc1cccc(Br)c1. The number of methoxy groups -OCH3 is 1. The molecule has 0 aromatic heterocycles. The quantitative estimate of drug-likeness (QED) is 0.814. The van der Waals surface area contributed by atoms with Crippen molar-refractivity contribution in [2.24, 2.45) is 0 Å². The van der Waals surface area contributed by atoms with Gasteiger partial charge in [-0.1, -0.05) is 35.0 Å². The van der Waals surface area contributed by atoms with E-state index >= 15 is 0 Å². The normalized spacial score (nSPS) is 10.4. The van der Waals surface area contributed by atoms with Crippen LogP contribution in [0, 0.1) is 0 Å². The third-order valence-electron chi connectivity index (χ3n) is 3.12. The van der Waals surface area contributed by atoms with Gasteiger partial charge in [0.2, 0.25) is 0 Å². The van der Waals surface area contributed by atoms with Crippen molar-refractivity contribution < 1.29 is 9.47 Å². The van der Waals surface area contributed by atoms with Crippen molar-refractivity contribution in [1.82, 2.24) is 5.32 Å². The van der Waals surface area contributed by atoms with Crippen molar-refractivity contribution in [2.45, 2.75) is 20.1 Å². The molecule has 0 heterocycles. The van der Waals surface area contributed by atoms with E-state index in [2.05, 4.69) is 40.3 Å². The first-order chi connectivity index (χ1) is 10.2. The molecule has 4 heteroatoms. The summed E-state index contributed by atoms with van der Waals surface area (Å²) in [5.74, 6) is 1.73. The molecule has 2 aromatic carbocycles. The number of halogens is 1. The van der Waals surface area contributed by atoms with Crippen LogP contribution in [0.5, 0.6) is 11.5 Å². The zero-order valence-electron chi connectivity index (χ0n) is 12.4. The van der Waals surface area contributed by atoms with Gasteiger partial charge in [0.05, 0.1) is 7.11 Å². The third kappa shape index (κ3) is 4.76. The molecule has 0 aliphatic carbocycles. The molecule has 2 rings (SSSR count). The van der Waals surface area contributed by atoms with E-state index in [9.17, 15) is 0 Å². The number of rotatable bonds is 7. The van der Waals surface area contributed by atoms with Gasteiger partial charge in [-0.2, -0.15) is 0 Å². The van der Waals surface area contributed by atoms with Crippen LogP contribution in [0.4, 0.5) is 0 Å². The molecule has 0 aliphatic heterocycles. The predicted octanol–water partition coefficient (Wildman–Crippen LogP) is 4.15. The molecule has 0 radical (unpaired) electrons. The maximum atomic E-state index is 5.96. The smallest absolute Gasteiger partial charge is 0.124 e. The van der Waals surface area contributed by atoms with Crippen LogP contribution in [0.3, 0.4) is 0 Å². The average Bonchev–Trinajstić information content (AvgIpc) is 2.51. The number of hydrogen-bond acceptors (Lipinski definition) is 3. The van der Waals surface area contributed by atoms with Gasteiger partial charge in [-0.15, -0.1) is 0 Å². The van der Waals surface area contributed by atoms with Gasteiger partial charge in [-0.3, -0.25) is 0 Å². The summed E-state index contributed by atoms with van der Waals surface area (Å²) in [4.78, 5) is 0. The van der Waals surface area contributed by atoms with E-state index in [1.54, 1.807) is 7.11 Å². The maximum Gasteiger partial charge on any atom is 0.124 e. The zero-order chi connectivity index (χ0) is 15.1. The molecule has 0 aliphatic rings. The van der Waals surface area contributed by atoms with Gasteiger partial charge >= 0.3 is 0 Å². The molecule has 0 amide bonds. The fourth-order valence-corrected chi connectivity index (χ4v) is 2.46. The van der Waals surface area contributed by atoms with Gasteiger partial charge in [0.15, 0.2) is 0 Å². The molecule has 0 saturated heterocycles. The van der Waals surface area contributed by atoms with E-state index in [1.165, 1.54) is 0 Å². The van der Waals surface area contributed by atoms with E-state index in [1.807, 2.05) is 30.3 Å². The number of benzene rings is 2. The van der Waals surface area contributed by atoms with Gasteiger partial charge in [-0.05, 0) is 42.4 Å². The summed E-state index contributed by atoms with van der Waals surface area (Å²) >= 11 is 3.47. The molecule has 0 atom stereocenters. The summed E-state index contributed by atoms with van der Waals surface area (Å²) in [7, 11) is 1.67. The minimum absolute atomic E-state index is 0.547. The fourth-order valence-electron chi connectivity index (χ4n) is 2.01. The molecular formula is C17H20BrNO2. The number of hydrogen-bond donors (Lipinski definition) is 1. The Balaban J connectivity index is 2.10. The van der Waals surface area contributed by atoms with E-state index in [0.717, 1.165) is 40.2 Å². The first-order valence-electron chi connectivity index (χ1n) is 6.97. The second-order valence-corrected chi connectivity index (χ2v) is 5.59. The van der Waals surface area contributed by atoms with Crippen LogP contribution in [0.15, 0.2) is 46.9 Å². The van der Waals surface area contributed by atoms with Gasteiger partial charge in [0.1, 0.15) is 18.1 Å². The Morgan fingerprint density at radius 3 is 2.71 bits per heavy atom. The van der Waals surface area contributed by atoms with Gasteiger partial charge < -0.3 is 14.8 Å². The highest BCUT2D eigenvalue weighted by Gasteiger charge is 2.06. The van der Waals surface area contributed by atoms with Crippen molar-refractivity contribution in [1.29, 1.82) is 0 Å². The van der Waals surface area contributed by atoms with Crippen molar-refractivity contribution in [3.8, 4) is 11.5 Å². The summed E-state index contributed by atoms with van der Waals surface area (Å²) < 4.78 is 12.3. The van der Waals surface area contributed by atoms with Crippen molar-refractivity contribution in [3.05, 3.63) is 58.1 Å². The molecule has 0 fully saturated rings. The standard InChI is InChI=1S/C17H20BrNO2/c1-3-19-11-14-10-16(20-2)7-8-17(14)21-12-13-5-4-6-15(18)9-13/h4-10,19H,3,11-12H2,1-2H3. The highest BCUT2D eigenvalue weighted by molar-refractivity contribution is 9.10. The van der Waals surface area contributed by atoms with Crippen molar-refractivity contribution in [3.63, 3.8) is 0 Å². The minimum atomic E-state index is 0.547. The lowest BCUT2D eigenvalue weighted by Crippen LogP contribution is -2.13. The van der Waals surface area contributed by atoms with Crippen molar-refractivity contribution >= 4 is 15.9 Å². The molecule has 0 bridgehead atoms. The average molecular weight is 350 g/mol. The predicted molar refractivity (Wildman–Crippen MR) is 88.8 cm³/mol. The lowest BCUT2D eigenvalue weighted by molar-refractivity contribution is 0.301. The van der Waals surface area contributed by atoms with Crippen molar-refractivity contribution in [2.75, 3.05) is 13.7 Å². The molecule has 0 saturated carbocycles. The van der Waals surface area contributed by atoms with Crippen LogP contribution in [0.1, 0.15) is 18.1 Å². The minimum Gasteiger partial charge on any atom is -0.497 e. The van der Waals surface area contributed by atoms with Crippen LogP contribution in [-0.4, -0.2) is 13.7 Å². The first kappa shape index (κ1) is 15.9. The highest BCUT2D eigenvalue weighted by atomic mass is 79.9. The van der Waals surface area contributed by atoms with E-state index in [0.29, 0.717) is 6.61 Å². The zero-order valence-corrected chi connectivity index (χ0v) is 13.9. The van der Waals surface area contributed by atoms with Crippen LogP contribution >= 0.6 is 15.9 Å². The van der Waals surface area contributed by atoms with Crippen LogP contribution in [0.2, 0.25) is 0 Å². The molecule has 0 spiro atoms. The monoisotopic (exact) mass is 349 g/mol. The third-order valence-corrected chi connectivity index (χ3v) is 3.61. The van der Waals surface area contributed by atoms with Crippen LogP contribution in [0.25, 0.3) is 0 Å². The summed E-state index contributed by atoms with van der Waals surface area (Å²) in [6.07, 6.45) is 0. The lowest BCUT2D eigenvalue weighted by atomic mass is 10.2. The Morgan fingerprint density at radius 1 is 1.14 bits per heavy atom. The fraction of sp³-hybridized carbons (Fsp3) is 0.294. The molecule has 2 aromatic rings. The highest BCUT2D eigenvalue weighted by Crippen LogP contribution is 2.25. The second-order valence-electron chi connectivity index (χ2n) is 4.67.